The maximum Gasteiger partial charge on any atom is 0.248 e. The van der Waals surface area contributed by atoms with Gasteiger partial charge in [-0.05, 0) is 50.6 Å². The molecule has 0 spiro atoms. The first-order valence-corrected chi connectivity index (χ1v) is 14.1. The number of aromatic nitrogens is 2. The van der Waals surface area contributed by atoms with Gasteiger partial charge >= 0.3 is 0 Å². The summed E-state index contributed by atoms with van der Waals surface area (Å²) in [6.07, 6.45) is 2.12. The molecule has 3 fully saturated rings. The molecule has 2 aromatic heterocycles. The van der Waals surface area contributed by atoms with Crippen LogP contribution >= 0.6 is 0 Å². The molecular formula is C30H38N8O2. The van der Waals surface area contributed by atoms with Crippen LogP contribution in [0.2, 0.25) is 0 Å². The van der Waals surface area contributed by atoms with Gasteiger partial charge in [-0.25, -0.2) is 4.98 Å². The molecule has 3 aliphatic rings. The molecule has 210 valence electrons. The number of aryl methyl sites for hydroxylation is 1. The topological polar surface area (TPSA) is 118 Å². The Hall–Kier alpha value is -3.65. The number of fused-ring (bicyclic) bond motifs is 1. The summed E-state index contributed by atoms with van der Waals surface area (Å²) in [5, 5.41) is 10.4. The smallest absolute Gasteiger partial charge is 0.248 e. The van der Waals surface area contributed by atoms with Gasteiger partial charge in [0.25, 0.3) is 0 Å². The van der Waals surface area contributed by atoms with Crippen molar-refractivity contribution >= 4 is 28.1 Å². The third-order valence-electron chi connectivity index (χ3n) is 8.30. The maximum absolute atomic E-state index is 12.0. The van der Waals surface area contributed by atoms with E-state index in [2.05, 4.69) is 57.5 Å². The van der Waals surface area contributed by atoms with E-state index in [4.69, 9.17) is 15.5 Å². The van der Waals surface area contributed by atoms with Gasteiger partial charge in [-0.3, -0.25) is 9.69 Å². The van der Waals surface area contributed by atoms with Gasteiger partial charge < -0.3 is 30.2 Å². The minimum Gasteiger partial charge on any atom is -0.370 e. The molecule has 10 nitrogen and oxygen atoms in total. The van der Waals surface area contributed by atoms with E-state index in [1.54, 1.807) is 6.07 Å². The molecule has 6 rings (SSSR count). The summed E-state index contributed by atoms with van der Waals surface area (Å²) in [4.78, 5) is 29.1. The predicted octanol–water partition coefficient (Wildman–Crippen LogP) is 2.06. The summed E-state index contributed by atoms with van der Waals surface area (Å²) in [6.45, 7) is 14.2. The summed E-state index contributed by atoms with van der Waals surface area (Å²) in [5.74, 6) is 1.07. The first kappa shape index (κ1) is 26.6. The van der Waals surface area contributed by atoms with Gasteiger partial charge in [0.05, 0.1) is 35.2 Å². The summed E-state index contributed by atoms with van der Waals surface area (Å²) < 4.78 is 6.38. The summed E-state index contributed by atoms with van der Waals surface area (Å²) in [7, 11) is 0. The van der Waals surface area contributed by atoms with Crippen LogP contribution in [-0.2, 0) is 4.74 Å². The van der Waals surface area contributed by atoms with Crippen molar-refractivity contribution in [2.24, 2.45) is 5.73 Å². The van der Waals surface area contributed by atoms with Gasteiger partial charge in [-0.15, -0.1) is 0 Å². The molecular weight excluding hydrogens is 504 g/mol. The average molecular weight is 543 g/mol. The fourth-order valence-corrected chi connectivity index (χ4v) is 6.44. The van der Waals surface area contributed by atoms with Crippen LogP contribution in [0.15, 0.2) is 41.3 Å². The van der Waals surface area contributed by atoms with Gasteiger partial charge in [0, 0.05) is 81.6 Å². The second-order valence-corrected chi connectivity index (χ2v) is 12.0. The molecule has 1 aromatic carbocycles. The van der Waals surface area contributed by atoms with Crippen molar-refractivity contribution in [1.82, 2.24) is 14.9 Å². The van der Waals surface area contributed by atoms with Crippen LogP contribution < -0.4 is 26.0 Å². The van der Waals surface area contributed by atoms with Crippen LogP contribution in [0.4, 0.5) is 17.2 Å². The van der Waals surface area contributed by atoms with Crippen molar-refractivity contribution in [1.29, 1.82) is 5.26 Å². The van der Waals surface area contributed by atoms with Crippen LogP contribution in [0.1, 0.15) is 25.0 Å². The SMILES string of the molecule is Cc1cc(N2CC(C)(N)C2)cnc1N1CCN(CC2CN(c3ccc(C#N)c4[nH]c(=O)ccc34)CC(C)O2)CC1. The lowest BCUT2D eigenvalue weighted by Crippen LogP contribution is -2.65. The van der Waals surface area contributed by atoms with Crippen LogP contribution in [0.25, 0.3) is 10.9 Å². The molecule has 0 aliphatic carbocycles. The highest BCUT2D eigenvalue weighted by Crippen LogP contribution is 2.31. The number of aromatic amines is 1. The van der Waals surface area contributed by atoms with E-state index in [9.17, 15) is 10.1 Å². The number of nitrogens with two attached hydrogens (primary N) is 1. The van der Waals surface area contributed by atoms with Crippen LogP contribution in [0.5, 0.6) is 0 Å². The molecule has 3 saturated heterocycles. The number of H-pyrrole nitrogens is 1. The van der Waals surface area contributed by atoms with E-state index in [1.165, 1.54) is 11.6 Å². The van der Waals surface area contributed by atoms with E-state index in [0.717, 1.165) is 81.5 Å². The molecule has 40 heavy (non-hydrogen) atoms. The normalized spacial score (nSPS) is 23.2. The first-order chi connectivity index (χ1) is 19.2. The number of benzene rings is 1. The van der Waals surface area contributed by atoms with Gasteiger partial charge in [0.15, 0.2) is 0 Å². The standard InChI is InChI=1S/C30H38N8O2/c1-20-12-23(38-18-30(3,32)19-38)14-33-29(20)36-10-8-35(9-11-36)16-24-17-37(15-21(2)40-24)26-6-4-22(13-31)28-25(26)5-7-27(39)34-28/h4-7,12,14,21,24H,8-11,15-19,32H2,1-3H3,(H,34,39). The molecule has 0 amide bonds. The maximum atomic E-state index is 12.0. The molecule has 2 unspecified atom stereocenters. The van der Waals surface area contributed by atoms with E-state index in [-0.39, 0.29) is 23.3 Å². The Bertz CT molecular complexity index is 1500. The number of nitrogens with zero attached hydrogens (tertiary/aromatic N) is 6. The summed E-state index contributed by atoms with van der Waals surface area (Å²) in [6, 6.07) is 11.6. The zero-order valence-electron chi connectivity index (χ0n) is 23.6. The Balaban J connectivity index is 1.09. The minimum atomic E-state index is -0.204. The minimum absolute atomic E-state index is 0.0626. The number of hydrogen-bond donors (Lipinski definition) is 2. The van der Waals surface area contributed by atoms with Crippen molar-refractivity contribution < 1.29 is 4.74 Å². The Morgan fingerprint density at radius 3 is 2.60 bits per heavy atom. The number of hydrogen-bond acceptors (Lipinski definition) is 9. The average Bonchev–Trinajstić information content (AvgIpc) is 2.91. The highest BCUT2D eigenvalue weighted by atomic mass is 16.5. The lowest BCUT2D eigenvalue weighted by atomic mass is 9.93. The second-order valence-electron chi connectivity index (χ2n) is 12.0. The van der Waals surface area contributed by atoms with Crippen LogP contribution in [0.3, 0.4) is 0 Å². The number of nitrogens with one attached hydrogen (secondary N) is 1. The Labute approximate surface area is 234 Å². The van der Waals surface area contributed by atoms with E-state index in [1.807, 2.05) is 18.3 Å². The van der Waals surface area contributed by atoms with Crippen LogP contribution in [0, 0.1) is 18.3 Å². The predicted molar refractivity (Wildman–Crippen MR) is 158 cm³/mol. The molecule has 0 radical (unpaired) electrons. The first-order valence-electron chi connectivity index (χ1n) is 14.1. The molecule has 5 heterocycles. The molecule has 3 aliphatic heterocycles. The number of rotatable bonds is 5. The Morgan fingerprint density at radius 1 is 1.12 bits per heavy atom. The number of piperazine rings is 1. The number of morpholine rings is 1. The fourth-order valence-electron chi connectivity index (χ4n) is 6.44. The zero-order chi connectivity index (χ0) is 28.0. The Morgan fingerprint density at radius 2 is 1.90 bits per heavy atom. The number of ether oxygens (including phenoxy) is 1. The van der Waals surface area contributed by atoms with Crippen molar-refractivity contribution in [3.63, 3.8) is 0 Å². The van der Waals surface area contributed by atoms with E-state index >= 15 is 0 Å². The van der Waals surface area contributed by atoms with Gasteiger partial charge in [0.2, 0.25) is 5.56 Å². The van der Waals surface area contributed by atoms with Gasteiger partial charge in [-0.1, -0.05) is 0 Å². The molecule has 3 N–H and O–H groups in total. The number of anilines is 3. The monoisotopic (exact) mass is 542 g/mol. The molecule has 0 saturated carbocycles. The summed E-state index contributed by atoms with van der Waals surface area (Å²) in [5.41, 5.74) is 10.3. The van der Waals surface area contributed by atoms with Crippen molar-refractivity contribution in [3.8, 4) is 6.07 Å². The largest absolute Gasteiger partial charge is 0.370 e. The zero-order valence-corrected chi connectivity index (χ0v) is 23.6. The lowest BCUT2D eigenvalue weighted by Gasteiger charge is -2.47. The van der Waals surface area contributed by atoms with Gasteiger partial charge in [0.1, 0.15) is 11.9 Å². The van der Waals surface area contributed by atoms with E-state index < -0.39 is 0 Å². The quantitative estimate of drug-likeness (QED) is 0.500. The third kappa shape index (κ3) is 5.24. The van der Waals surface area contributed by atoms with Crippen molar-refractivity contribution in [2.45, 2.75) is 38.5 Å². The number of nitriles is 1. The highest BCUT2D eigenvalue weighted by molar-refractivity contribution is 5.95. The lowest BCUT2D eigenvalue weighted by molar-refractivity contribution is -0.0327. The number of pyridine rings is 2. The molecule has 3 aromatic rings. The van der Waals surface area contributed by atoms with Crippen LogP contribution in [-0.4, -0.2) is 91.5 Å². The molecule has 0 bridgehead atoms. The molecule has 2 atom stereocenters. The summed E-state index contributed by atoms with van der Waals surface area (Å²) >= 11 is 0. The van der Waals surface area contributed by atoms with Crippen molar-refractivity contribution in [2.75, 3.05) is 73.6 Å². The molecule has 10 heteroatoms. The second kappa shape index (κ2) is 10.4. The van der Waals surface area contributed by atoms with Crippen molar-refractivity contribution in [3.05, 3.63) is 58.0 Å². The Kier molecular flexibility index (Phi) is 6.90. The van der Waals surface area contributed by atoms with Gasteiger partial charge in [-0.2, -0.15) is 5.26 Å². The third-order valence-corrected chi connectivity index (χ3v) is 8.30. The van der Waals surface area contributed by atoms with E-state index in [0.29, 0.717) is 11.1 Å². The fraction of sp³-hybridized carbons (Fsp3) is 0.500. The highest BCUT2D eigenvalue weighted by Gasteiger charge is 2.35.